The molecule has 38 heavy (non-hydrogen) atoms. The topological polar surface area (TPSA) is 105 Å². The normalized spacial score (nSPS) is 27.3. The summed E-state index contributed by atoms with van der Waals surface area (Å²) in [4.78, 5) is 13.7. The molecule has 1 saturated carbocycles. The number of nitrogens with zero attached hydrogens (tertiary/aromatic N) is 1. The summed E-state index contributed by atoms with van der Waals surface area (Å²) in [5, 5.41) is 24.3. The van der Waals surface area contributed by atoms with Crippen LogP contribution in [-0.4, -0.2) is 72.7 Å². The molecule has 4 N–H and O–H groups in total. The molecule has 1 amide bonds. The van der Waals surface area contributed by atoms with Gasteiger partial charge in [0.1, 0.15) is 11.2 Å². The molecule has 2 aliphatic rings. The van der Waals surface area contributed by atoms with E-state index in [1.54, 1.807) is 12.0 Å². The molecule has 4 rings (SSSR count). The van der Waals surface area contributed by atoms with Crippen LogP contribution < -0.4 is 5.73 Å². The van der Waals surface area contributed by atoms with Gasteiger partial charge in [-0.2, -0.15) is 0 Å². The largest absolute Gasteiger partial charge is 0.392 e. The molecule has 2 fully saturated rings. The smallest absolute Gasteiger partial charge is 0.209 e. The third-order valence-electron chi connectivity index (χ3n) is 8.65. The Labute approximate surface area is 230 Å². The van der Waals surface area contributed by atoms with E-state index >= 15 is 0 Å². The number of aryl methyl sites for hydroxylation is 2. The van der Waals surface area contributed by atoms with Gasteiger partial charge >= 0.3 is 0 Å². The maximum Gasteiger partial charge on any atom is 0.209 e. The van der Waals surface area contributed by atoms with Crippen LogP contribution in [0.25, 0.3) is 11.1 Å². The summed E-state index contributed by atoms with van der Waals surface area (Å²) in [5.41, 5.74) is 8.18. The Morgan fingerprint density at radius 2 is 2.03 bits per heavy atom. The van der Waals surface area contributed by atoms with Gasteiger partial charge in [-0.3, -0.25) is 4.79 Å². The number of benzene rings is 2. The molecule has 1 saturated heterocycles. The van der Waals surface area contributed by atoms with Crippen molar-refractivity contribution in [2.24, 2.45) is 11.7 Å². The number of carbonyl (C=O) groups excluding carboxylic acids is 1. The average molecular weight is 545 g/mol. The Morgan fingerprint density at radius 1 is 1.24 bits per heavy atom. The fraction of sp³-hybridized carbons (Fsp3) is 0.567. The van der Waals surface area contributed by atoms with Crippen LogP contribution in [-0.2, 0) is 19.9 Å². The van der Waals surface area contributed by atoms with Gasteiger partial charge in [-0.05, 0) is 80.2 Å². The quantitative estimate of drug-likeness (QED) is 0.309. The highest BCUT2D eigenvalue weighted by Crippen LogP contribution is 2.53. The summed E-state index contributed by atoms with van der Waals surface area (Å²) in [6, 6.07) is 11.4. The van der Waals surface area contributed by atoms with Gasteiger partial charge in [0, 0.05) is 36.9 Å². The van der Waals surface area contributed by atoms with Gasteiger partial charge in [0.2, 0.25) is 6.41 Å². The zero-order valence-corrected chi connectivity index (χ0v) is 23.4. The number of methoxy groups -OCH3 is 1. The molecule has 0 spiro atoms. The van der Waals surface area contributed by atoms with Crippen molar-refractivity contribution in [3.05, 3.63) is 58.1 Å². The first-order chi connectivity index (χ1) is 18.2. The van der Waals surface area contributed by atoms with Gasteiger partial charge in [0.05, 0.1) is 19.3 Å². The van der Waals surface area contributed by atoms with Gasteiger partial charge in [-0.1, -0.05) is 41.9 Å². The molecule has 1 heterocycles. The van der Waals surface area contributed by atoms with Crippen LogP contribution in [0.3, 0.4) is 0 Å². The molecule has 5 atom stereocenters. The van der Waals surface area contributed by atoms with Crippen molar-refractivity contribution in [3.63, 3.8) is 0 Å². The van der Waals surface area contributed by atoms with E-state index in [0.29, 0.717) is 49.4 Å². The number of amides is 1. The maximum atomic E-state index is 13.1. The minimum absolute atomic E-state index is 0.195. The number of hydrogen-bond donors (Lipinski definition) is 3. The second-order valence-electron chi connectivity index (χ2n) is 11.0. The van der Waals surface area contributed by atoms with Crippen molar-refractivity contribution in [2.75, 3.05) is 33.4 Å². The number of ether oxygens (including phenoxy) is 2. The first-order valence-corrected chi connectivity index (χ1v) is 13.9. The van der Waals surface area contributed by atoms with Crippen LogP contribution in [0.15, 0.2) is 36.4 Å². The lowest BCUT2D eigenvalue weighted by Crippen LogP contribution is -2.66. The fourth-order valence-corrected chi connectivity index (χ4v) is 6.67. The van der Waals surface area contributed by atoms with Crippen LogP contribution in [0, 0.1) is 19.8 Å². The molecule has 8 heteroatoms. The van der Waals surface area contributed by atoms with Crippen LogP contribution in [0.2, 0.25) is 5.02 Å². The Kier molecular flexibility index (Phi) is 9.18. The van der Waals surface area contributed by atoms with E-state index in [1.807, 2.05) is 24.3 Å². The van der Waals surface area contributed by atoms with Crippen LogP contribution in [0.1, 0.15) is 48.8 Å². The standard InChI is InChI=1S/C30H41ClN2O5/c1-20-9-10-22(15-21(20)2)28-24(7-6-8-25(28)31)29(36,11-4-5-13-37-3)30(18-33(19-34)12-14-38-30)23-16-26(32)27(35)17-23/h6-10,15,19,23,26-27,35-36H,4-5,11-14,16-18,32H2,1-3H3/t23-,26+,27-,29+,30-/m0/s1. The zero-order valence-electron chi connectivity index (χ0n) is 22.7. The molecule has 0 radical (unpaired) electrons. The van der Waals surface area contributed by atoms with E-state index < -0.39 is 23.3 Å². The van der Waals surface area contributed by atoms with Crippen molar-refractivity contribution in [2.45, 2.75) is 69.3 Å². The summed E-state index contributed by atoms with van der Waals surface area (Å²) < 4.78 is 11.9. The highest BCUT2D eigenvalue weighted by Gasteiger charge is 2.61. The zero-order chi connectivity index (χ0) is 27.5. The second-order valence-corrected chi connectivity index (χ2v) is 11.4. The maximum absolute atomic E-state index is 13.1. The highest BCUT2D eigenvalue weighted by molar-refractivity contribution is 6.33. The Morgan fingerprint density at radius 3 is 2.68 bits per heavy atom. The molecular formula is C30H41ClN2O5. The number of nitrogens with two attached hydrogens (primary N) is 1. The number of aliphatic hydroxyl groups is 2. The van der Waals surface area contributed by atoms with Crippen molar-refractivity contribution < 1.29 is 24.5 Å². The lowest BCUT2D eigenvalue weighted by atomic mass is 9.65. The molecule has 1 aliphatic heterocycles. The molecular weight excluding hydrogens is 504 g/mol. The van der Waals surface area contributed by atoms with Gasteiger partial charge in [0.25, 0.3) is 0 Å². The summed E-state index contributed by atoms with van der Waals surface area (Å²) >= 11 is 6.89. The van der Waals surface area contributed by atoms with E-state index in [1.165, 1.54) is 5.56 Å². The predicted molar refractivity (Wildman–Crippen MR) is 149 cm³/mol. The summed E-state index contributed by atoms with van der Waals surface area (Å²) in [5.74, 6) is -0.269. The molecule has 0 bridgehead atoms. The number of morpholine rings is 1. The van der Waals surface area contributed by atoms with Gasteiger partial charge in [0.15, 0.2) is 0 Å². The molecule has 208 valence electrons. The lowest BCUT2D eigenvalue weighted by molar-refractivity contribution is -0.246. The Hall–Kier alpha value is -2.00. The number of unbranched alkanes of at least 4 members (excludes halogenated alkanes) is 1. The minimum atomic E-state index is -1.53. The average Bonchev–Trinajstić information content (AvgIpc) is 3.26. The molecule has 0 aromatic heterocycles. The van der Waals surface area contributed by atoms with Gasteiger partial charge in [-0.15, -0.1) is 0 Å². The molecule has 7 nitrogen and oxygen atoms in total. The number of aliphatic hydroxyl groups excluding tert-OH is 1. The second kappa shape index (κ2) is 12.0. The van der Waals surface area contributed by atoms with Crippen molar-refractivity contribution in [3.8, 4) is 11.1 Å². The Balaban J connectivity index is 1.94. The molecule has 0 unspecified atom stereocenters. The SMILES string of the molecule is COCCCC[C@@](O)(c1cccc(Cl)c1-c1ccc(C)c(C)c1)[C@@]1([C@H]2C[C@@H](N)[C@@H](O)C2)CN(C=O)CCO1. The van der Waals surface area contributed by atoms with Crippen molar-refractivity contribution in [1.82, 2.24) is 4.90 Å². The first kappa shape index (κ1) is 29.0. The van der Waals surface area contributed by atoms with E-state index in [9.17, 15) is 15.0 Å². The van der Waals surface area contributed by atoms with Crippen LogP contribution in [0.5, 0.6) is 0 Å². The first-order valence-electron chi connectivity index (χ1n) is 13.5. The lowest BCUT2D eigenvalue weighted by Gasteiger charge is -2.55. The fourth-order valence-electron chi connectivity index (χ4n) is 6.39. The third-order valence-corrected chi connectivity index (χ3v) is 8.97. The number of halogens is 1. The number of hydrogen-bond acceptors (Lipinski definition) is 6. The van der Waals surface area contributed by atoms with E-state index in [2.05, 4.69) is 26.0 Å². The monoisotopic (exact) mass is 544 g/mol. The summed E-state index contributed by atoms with van der Waals surface area (Å²) in [7, 11) is 1.66. The molecule has 2 aromatic carbocycles. The van der Waals surface area contributed by atoms with Crippen LogP contribution >= 0.6 is 11.6 Å². The highest BCUT2D eigenvalue weighted by atomic mass is 35.5. The van der Waals surface area contributed by atoms with Crippen molar-refractivity contribution >= 4 is 18.0 Å². The van der Waals surface area contributed by atoms with Crippen molar-refractivity contribution in [1.29, 1.82) is 0 Å². The third kappa shape index (κ3) is 5.37. The predicted octanol–water partition coefficient (Wildman–Crippen LogP) is 3.95. The van der Waals surface area contributed by atoms with E-state index in [0.717, 1.165) is 29.5 Å². The number of rotatable bonds is 10. The Bertz CT molecular complexity index is 1120. The van der Waals surface area contributed by atoms with Crippen LogP contribution in [0.4, 0.5) is 0 Å². The number of carbonyl (C=O) groups is 1. The summed E-state index contributed by atoms with van der Waals surface area (Å²) in [6.45, 7) is 5.59. The van der Waals surface area contributed by atoms with Gasteiger partial charge in [-0.25, -0.2) is 0 Å². The molecule has 1 aliphatic carbocycles. The minimum Gasteiger partial charge on any atom is -0.392 e. The molecule has 2 aromatic rings. The van der Waals surface area contributed by atoms with Gasteiger partial charge < -0.3 is 30.3 Å². The van der Waals surface area contributed by atoms with E-state index in [4.69, 9.17) is 26.8 Å². The van der Waals surface area contributed by atoms with E-state index in [-0.39, 0.29) is 19.1 Å². The summed E-state index contributed by atoms with van der Waals surface area (Å²) in [6.07, 6.45) is 2.75.